The normalized spacial score (nSPS) is 29.2. The highest BCUT2D eigenvalue weighted by atomic mass is 16.7. The van der Waals surface area contributed by atoms with Crippen LogP contribution in [-0.4, -0.2) is 47.1 Å². The van der Waals surface area contributed by atoms with Crippen molar-refractivity contribution in [2.24, 2.45) is 0 Å². The SMILES string of the molecule is CCCCCCCCCCOC(=O)C[C@H]1C[C@@H](O)C[C@@]2(CCC3(C=CC(=O)C=C3)O2)O1. The topological polar surface area (TPSA) is 82.1 Å². The summed E-state index contributed by atoms with van der Waals surface area (Å²) in [5.74, 6) is -1.26. The minimum Gasteiger partial charge on any atom is -0.466 e. The quantitative estimate of drug-likeness (QED) is 0.380. The number of hydrogen-bond donors (Lipinski definition) is 1. The number of allylic oxidation sites excluding steroid dienone is 2. The Labute approximate surface area is 186 Å². The molecule has 0 aromatic rings. The lowest BCUT2D eigenvalue weighted by molar-refractivity contribution is -0.291. The minimum atomic E-state index is -0.921. The van der Waals surface area contributed by atoms with E-state index in [2.05, 4.69) is 6.92 Å². The van der Waals surface area contributed by atoms with E-state index in [1.165, 1.54) is 50.7 Å². The highest BCUT2D eigenvalue weighted by molar-refractivity contribution is 6.00. The van der Waals surface area contributed by atoms with Crippen LogP contribution in [0.5, 0.6) is 0 Å². The van der Waals surface area contributed by atoms with Crippen LogP contribution < -0.4 is 0 Å². The van der Waals surface area contributed by atoms with E-state index in [1.807, 2.05) is 0 Å². The predicted molar refractivity (Wildman–Crippen MR) is 117 cm³/mol. The molecule has 1 aliphatic carbocycles. The van der Waals surface area contributed by atoms with Gasteiger partial charge in [-0.25, -0.2) is 0 Å². The summed E-state index contributed by atoms with van der Waals surface area (Å²) in [4.78, 5) is 23.7. The van der Waals surface area contributed by atoms with Crippen LogP contribution in [0.25, 0.3) is 0 Å². The lowest BCUT2D eigenvalue weighted by atomic mass is 9.92. The highest BCUT2D eigenvalue weighted by Crippen LogP contribution is 2.47. The third-order valence-corrected chi connectivity index (χ3v) is 6.45. The second kappa shape index (κ2) is 11.4. The lowest BCUT2D eigenvalue weighted by Crippen LogP contribution is -2.48. The molecular formula is C25H38O6. The number of ketones is 1. The zero-order chi connectivity index (χ0) is 22.2. The van der Waals surface area contributed by atoms with Crippen LogP contribution in [0.15, 0.2) is 24.3 Å². The van der Waals surface area contributed by atoms with Crippen molar-refractivity contribution in [2.45, 2.75) is 114 Å². The standard InChI is InChI=1S/C25H38O6/c1-2-3-4-5-6-7-8-9-16-29-23(28)18-22-17-21(27)19-25(30-22)15-14-24(31-25)12-10-20(26)11-13-24/h10-13,21-22,27H,2-9,14-19H2,1H3/t21-,22-,25+/m1/s1. The molecule has 3 rings (SSSR count). The van der Waals surface area contributed by atoms with Crippen molar-refractivity contribution in [3.8, 4) is 0 Å². The van der Waals surface area contributed by atoms with E-state index in [0.717, 1.165) is 12.8 Å². The van der Waals surface area contributed by atoms with Gasteiger partial charge in [0.25, 0.3) is 0 Å². The molecule has 3 aliphatic rings. The van der Waals surface area contributed by atoms with Gasteiger partial charge in [0.1, 0.15) is 5.60 Å². The Kier molecular flexibility index (Phi) is 8.87. The number of unbranched alkanes of at least 4 members (excludes halogenated alkanes) is 7. The molecule has 174 valence electrons. The largest absolute Gasteiger partial charge is 0.466 e. The van der Waals surface area contributed by atoms with Crippen LogP contribution in [0.4, 0.5) is 0 Å². The predicted octanol–water partition coefficient (Wildman–Crippen LogP) is 4.54. The molecular weight excluding hydrogens is 396 g/mol. The Hall–Kier alpha value is -1.50. The van der Waals surface area contributed by atoms with E-state index in [9.17, 15) is 14.7 Å². The summed E-state index contributed by atoms with van der Waals surface area (Å²) in [5.41, 5.74) is -0.660. The van der Waals surface area contributed by atoms with Crippen LogP contribution in [0, 0.1) is 0 Å². The molecule has 0 amide bonds. The van der Waals surface area contributed by atoms with Gasteiger partial charge in [-0.15, -0.1) is 0 Å². The van der Waals surface area contributed by atoms with E-state index in [4.69, 9.17) is 14.2 Å². The Balaban J connectivity index is 1.37. The van der Waals surface area contributed by atoms with Crippen LogP contribution in [-0.2, 0) is 23.8 Å². The van der Waals surface area contributed by atoms with Gasteiger partial charge in [-0.2, -0.15) is 0 Å². The second-order valence-corrected chi connectivity index (χ2v) is 9.27. The number of carbonyl (C=O) groups is 2. The third-order valence-electron chi connectivity index (χ3n) is 6.45. The third kappa shape index (κ3) is 7.26. The number of esters is 1. The van der Waals surface area contributed by atoms with E-state index in [-0.39, 0.29) is 18.2 Å². The van der Waals surface area contributed by atoms with Gasteiger partial charge in [-0.1, -0.05) is 51.9 Å². The maximum atomic E-state index is 12.3. The summed E-state index contributed by atoms with van der Waals surface area (Å²) in [6.07, 6.45) is 17.3. The maximum absolute atomic E-state index is 12.3. The van der Waals surface area contributed by atoms with Gasteiger partial charge in [0.2, 0.25) is 0 Å². The first-order valence-corrected chi connectivity index (χ1v) is 12.1. The van der Waals surface area contributed by atoms with E-state index >= 15 is 0 Å². The Morgan fingerprint density at radius 2 is 1.77 bits per heavy atom. The van der Waals surface area contributed by atoms with Crippen LogP contribution in [0.1, 0.15) is 90.4 Å². The number of aliphatic hydroxyl groups is 1. The van der Waals surface area contributed by atoms with E-state index in [0.29, 0.717) is 32.3 Å². The molecule has 2 saturated heterocycles. The van der Waals surface area contributed by atoms with E-state index in [1.54, 1.807) is 12.2 Å². The molecule has 2 fully saturated rings. The number of hydrogen-bond acceptors (Lipinski definition) is 6. The molecule has 0 radical (unpaired) electrons. The molecule has 0 unspecified atom stereocenters. The van der Waals surface area contributed by atoms with Gasteiger partial charge >= 0.3 is 5.97 Å². The van der Waals surface area contributed by atoms with Gasteiger partial charge in [0.05, 0.1) is 25.2 Å². The summed E-state index contributed by atoms with van der Waals surface area (Å²) in [7, 11) is 0. The molecule has 3 atom stereocenters. The summed E-state index contributed by atoms with van der Waals surface area (Å²) < 4.78 is 17.8. The summed E-state index contributed by atoms with van der Waals surface area (Å²) in [6.45, 7) is 2.66. The average molecular weight is 435 g/mol. The Morgan fingerprint density at radius 1 is 1.10 bits per heavy atom. The molecule has 0 aromatic heterocycles. The van der Waals surface area contributed by atoms with Crippen molar-refractivity contribution in [2.75, 3.05) is 6.61 Å². The van der Waals surface area contributed by atoms with Crippen molar-refractivity contribution in [1.29, 1.82) is 0 Å². The van der Waals surface area contributed by atoms with Gasteiger partial charge in [0.15, 0.2) is 11.6 Å². The smallest absolute Gasteiger partial charge is 0.308 e. The fraction of sp³-hybridized carbons (Fsp3) is 0.760. The van der Waals surface area contributed by atoms with Crippen LogP contribution in [0.2, 0.25) is 0 Å². The number of aliphatic hydroxyl groups excluding tert-OH is 1. The maximum Gasteiger partial charge on any atom is 0.308 e. The molecule has 6 heteroatoms. The number of rotatable bonds is 11. The Bertz CT molecular complexity index is 653. The van der Waals surface area contributed by atoms with Crippen molar-refractivity contribution in [3.05, 3.63) is 24.3 Å². The van der Waals surface area contributed by atoms with Crippen molar-refractivity contribution >= 4 is 11.8 Å². The second-order valence-electron chi connectivity index (χ2n) is 9.27. The van der Waals surface area contributed by atoms with Crippen LogP contribution >= 0.6 is 0 Å². The van der Waals surface area contributed by atoms with Gasteiger partial charge in [-0.3, -0.25) is 9.59 Å². The van der Waals surface area contributed by atoms with Crippen molar-refractivity contribution in [3.63, 3.8) is 0 Å². The molecule has 31 heavy (non-hydrogen) atoms. The monoisotopic (exact) mass is 434 g/mol. The molecule has 6 nitrogen and oxygen atoms in total. The average Bonchev–Trinajstić information content (AvgIpc) is 3.05. The highest BCUT2D eigenvalue weighted by Gasteiger charge is 2.52. The lowest BCUT2D eigenvalue weighted by Gasteiger charge is -2.41. The van der Waals surface area contributed by atoms with Gasteiger partial charge in [0, 0.05) is 19.3 Å². The molecule has 0 aromatic carbocycles. The zero-order valence-corrected chi connectivity index (χ0v) is 18.9. The molecule has 1 N–H and O–H groups in total. The first kappa shape index (κ1) is 24.1. The molecule has 0 saturated carbocycles. The first-order valence-electron chi connectivity index (χ1n) is 12.1. The summed E-state index contributed by atoms with van der Waals surface area (Å²) in [5, 5.41) is 10.4. The van der Waals surface area contributed by atoms with Gasteiger partial charge < -0.3 is 19.3 Å². The summed E-state index contributed by atoms with van der Waals surface area (Å²) >= 11 is 0. The number of carbonyl (C=O) groups excluding carboxylic acids is 2. The Morgan fingerprint density at radius 3 is 2.48 bits per heavy atom. The van der Waals surface area contributed by atoms with Crippen molar-refractivity contribution in [1.82, 2.24) is 0 Å². The zero-order valence-electron chi connectivity index (χ0n) is 18.9. The first-order chi connectivity index (χ1) is 14.9. The minimum absolute atomic E-state index is 0.0584. The molecule has 2 spiro atoms. The molecule has 2 heterocycles. The van der Waals surface area contributed by atoms with E-state index < -0.39 is 23.6 Å². The van der Waals surface area contributed by atoms with Crippen molar-refractivity contribution < 1.29 is 28.9 Å². The molecule has 2 aliphatic heterocycles. The fourth-order valence-corrected chi connectivity index (χ4v) is 4.79. The van der Waals surface area contributed by atoms with Crippen LogP contribution in [0.3, 0.4) is 0 Å². The summed E-state index contributed by atoms with van der Waals surface area (Å²) in [6, 6.07) is 0. The molecule has 0 bridgehead atoms. The fourth-order valence-electron chi connectivity index (χ4n) is 4.79. The number of ether oxygens (including phenoxy) is 3. The van der Waals surface area contributed by atoms with Gasteiger partial charge in [-0.05, 0) is 37.1 Å².